The molecule has 1 aliphatic rings. The van der Waals surface area contributed by atoms with Crippen LogP contribution in [0, 0.1) is 6.92 Å². The second kappa shape index (κ2) is 10.0. The van der Waals surface area contributed by atoms with Crippen LogP contribution in [0.4, 0.5) is 0 Å². The highest BCUT2D eigenvalue weighted by Crippen LogP contribution is 2.10. The Balaban J connectivity index is 0.00000220. The molecule has 22 heavy (non-hydrogen) atoms. The van der Waals surface area contributed by atoms with Gasteiger partial charge in [0, 0.05) is 39.4 Å². The Morgan fingerprint density at radius 3 is 2.55 bits per heavy atom. The van der Waals surface area contributed by atoms with Crippen LogP contribution < -0.4 is 5.73 Å². The van der Waals surface area contributed by atoms with Gasteiger partial charge in [0.1, 0.15) is 6.04 Å². The minimum atomic E-state index is -0.566. The van der Waals surface area contributed by atoms with Gasteiger partial charge in [-0.1, -0.05) is 5.16 Å². The molecular weight excluding hydrogens is 331 g/mol. The van der Waals surface area contributed by atoms with Crippen molar-refractivity contribution in [1.29, 1.82) is 0 Å². The summed E-state index contributed by atoms with van der Waals surface area (Å²) in [7, 11) is 1.55. The summed E-state index contributed by atoms with van der Waals surface area (Å²) in [6.45, 7) is 5.88. The smallest absolute Gasteiger partial charge is 0.241 e. The Labute approximate surface area is 142 Å². The van der Waals surface area contributed by atoms with Crippen LogP contribution in [0.3, 0.4) is 0 Å². The number of aromatic nitrogens is 1. The molecule has 1 saturated heterocycles. The van der Waals surface area contributed by atoms with Crippen molar-refractivity contribution >= 4 is 30.7 Å². The molecule has 0 saturated carbocycles. The third kappa shape index (κ3) is 5.73. The number of carbonyl (C=O) groups is 1. The van der Waals surface area contributed by atoms with Crippen LogP contribution in [0.15, 0.2) is 10.6 Å². The van der Waals surface area contributed by atoms with Crippen molar-refractivity contribution < 1.29 is 14.1 Å². The van der Waals surface area contributed by atoms with Gasteiger partial charge < -0.3 is 19.9 Å². The van der Waals surface area contributed by atoms with Crippen LogP contribution in [0.1, 0.15) is 11.5 Å². The third-order valence-corrected chi connectivity index (χ3v) is 3.40. The SMILES string of the molecule is COCC(N)C(=O)N1CCN(Cc2cc(C)no2)CC1.Cl.Cl. The number of nitrogens with zero attached hydrogens (tertiary/aromatic N) is 3. The van der Waals surface area contributed by atoms with Gasteiger partial charge in [-0.2, -0.15) is 0 Å². The van der Waals surface area contributed by atoms with Gasteiger partial charge in [0.2, 0.25) is 5.91 Å². The fourth-order valence-electron chi connectivity index (χ4n) is 2.32. The first-order chi connectivity index (χ1) is 9.60. The number of amides is 1. The van der Waals surface area contributed by atoms with E-state index in [2.05, 4.69) is 10.1 Å². The minimum absolute atomic E-state index is 0. The van der Waals surface area contributed by atoms with Gasteiger partial charge in [0.05, 0.1) is 18.8 Å². The lowest BCUT2D eigenvalue weighted by Crippen LogP contribution is -2.53. The van der Waals surface area contributed by atoms with Gasteiger partial charge in [-0.3, -0.25) is 9.69 Å². The van der Waals surface area contributed by atoms with Crippen LogP contribution in [0.25, 0.3) is 0 Å². The maximum Gasteiger partial charge on any atom is 0.241 e. The highest BCUT2D eigenvalue weighted by atomic mass is 35.5. The van der Waals surface area contributed by atoms with Crippen molar-refractivity contribution in [3.8, 4) is 0 Å². The lowest BCUT2D eigenvalue weighted by molar-refractivity contribution is -0.135. The Bertz CT molecular complexity index is 450. The lowest BCUT2D eigenvalue weighted by atomic mass is 10.2. The second-order valence-electron chi connectivity index (χ2n) is 5.10. The summed E-state index contributed by atoms with van der Waals surface area (Å²) in [6, 6.07) is 1.37. The number of rotatable bonds is 5. The molecule has 0 aliphatic carbocycles. The number of nitrogens with two attached hydrogens (primary N) is 1. The first-order valence-corrected chi connectivity index (χ1v) is 6.78. The summed E-state index contributed by atoms with van der Waals surface area (Å²) in [5, 5.41) is 3.87. The summed E-state index contributed by atoms with van der Waals surface area (Å²) in [6.07, 6.45) is 0. The minimum Gasteiger partial charge on any atom is -0.383 e. The van der Waals surface area contributed by atoms with E-state index in [1.54, 1.807) is 12.0 Å². The fourth-order valence-corrected chi connectivity index (χ4v) is 2.32. The highest BCUT2D eigenvalue weighted by Gasteiger charge is 2.25. The molecule has 9 heteroatoms. The monoisotopic (exact) mass is 354 g/mol. The van der Waals surface area contributed by atoms with E-state index < -0.39 is 6.04 Å². The summed E-state index contributed by atoms with van der Waals surface area (Å²) in [5.41, 5.74) is 6.65. The molecule has 1 aromatic rings. The number of hydrogen-bond acceptors (Lipinski definition) is 6. The van der Waals surface area contributed by atoms with Gasteiger partial charge in [0.15, 0.2) is 5.76 Å². The van der Waals surface area contributed by atoms with E-state index in [4.69, 9.17) is 15.0 Å². The van der Waals surface area contributed by atoms with Crippen LogP contribution in [0.2, 0.25) is 0 Å². The summed E-state index contributed by atoms with van der Waals surface area (Å²) in [4.78, 5) is 16.1. The van der Waals surface area contributed by atoms with Crippen LogP contribution in [-0.2, 0) is 16.1 Å². The van der Waals surface area contributed by atoms with E-state index in [1.807, 2.05) is 13.0 Å². The molecule has 2 N–H and O–H groups in total. The number of halogens is 2. The van der Waals surface area contributed by atoms with Crippen molar-refractivity contribution in [2.75, 3.05) is 39.9 Å². The Morgan fingerprint density at radius 2 is 2.05 bits per heavy atom. The van der Waals surface area contributed by atoms with Crippen molar-refractivity contribution in [2.24, 2.45) is 5.73 Å². The van der Waals surface area contributed by atoms with E-state index in [1.165, 1.54) is 0 Å². The van der Waals surface area contributed by atoms with Gasteiger partial charge >= 0.3 is 0 Å². The molecule has 1 aromatic heterocycles. The van der Waals surface area contributed by atoms with E-state index in [9.17, 15) is 4.79 Å². The molecule has 0 bridgehead atoms. The molecule has 1 atom stereocenters. The van der Waals surface area contributed by atoms with Gasteiger partial charge in [0.25, 0.3) is 0 Å². The van der Waals surface area contributed by atoms with Crippen molar-refractivity contribution in [2.45, 2.75) is 19.5 Å². The number of aryl methyl sites for hydroxylation is 1. The van der Waals surface area contributed by atoms with Gasteiger partial charge in [-0.15, -0.1) is 24.8 Å². The molecule has 1 aliphatic heterocycles. The molecular formula is C13H24Cl2N4O3. The summed E-state index contributed by atoms with van der Waals surface area (Å²) >= 11 is 0. The van der Waals surface area contributed by atoms with Gasteiger partial charge in [-0.05, 0) is 6.92 Å². The molecule has 0 spiro atoms. The zero-order valence-corrected chi connectivity index (χ0v) is 14.5. The number of hydrogen-bond donors (Lipinski definition) is 1. The normalized spacial score (nSPS) is 16.6. The van der Waals surface area contributed by atoms with Gasteiger partial charge in [-0.25, -0.2) is 0 Å². The quantitative estimate of drug-likeness (QED) is 0.825. The van der Waals surface area contributed by atoms with E-state index in [0.717, 1.165) is 31.1 Å². The standard InChI is InChI=1S/C13H22N4O3.2ClH/c1-10-7-11(20-15-10)8-16-3-5-17(6-4-16)13(18)12(14)9-19-2;;/h7,12H,3-6,8-9,14H2,1-2H3;2*1H. The first kappa shape index (κ1) is 21.1. The molecule has 1 amide bonds. The molecule has 1 unspecified atom stereocenters. The fraction of sp³-hybridized carbons (Fsp3) is 0.692. The largest absolute Gasteiger partial charge is 0.383 e. The maximum absolute atomic E-state index is 12.0. The maximum atomic E-state index is 12.0. The number of methoxy groups -OCH3 is 1. The average Bonchev–Trinajstić information content (AvgIpc) is 2.84. The Morgan fingerprint density at radius 1 is 1.41 bits per heavy atom. The van der Waals surface area contributed by atoms with Crippen molar-refractivity contribution in [3.63, 3.8) is 0 Å². The Kier molecular flexibility index (Phi) is 9.63. The predicted octanol–water partition coefficient (Wildman–Crippen LogP) is 0.445. The van der Waals surface area contributed by atoms with Crippen molar-refractivity contribution in [1.82, 2.24) is 15.0 Å². The van der Waals surface area contributed by atoms with Crippen LogP contribution in [-0.4, -0.2) is 66.8 Å². The number of piperazine rings is 1. The second-order valence-corrected chi connectivity index (χ2v) is 5.10. The predicted molar refractivity (Wildman–Crippen MR) is 87.4 cm³/mol. The third-order valence-electron chi connectivity index (χ3n) is 3.40. The molecule has 128 valence electrons. The first-order valence-electron chi connectivity index (χ1n) is 6.78. The van der Waals surface area contributed by atoms with E-state index >= 15 is 0 Å². The average molecular weight is 355 g/mol. The molecule has 2 heterocycles. The van der Waals surface area contributed by atoms with Crippen molar-refractivity contribution in [3.05, 3.63) is 17.5 Å². The number of carbonyl (C=O) groups excluding carboxylic acids is 1. The molecule has 0 aromatic carbocycles. The van der Waals surface area contributed by atoms with Crippen LogP contribution >= 0.6 is 24.8 Å². The molecule has 7 nitrogen and oxygen atoms in total. The van der Waals surface area contributed by atoms with Crippen LogP contribution in [0.5, 0.6) is 0 Å². The van der Waals surface area contributed by atoms with E-state index in [0.29, 0.717) is 13.1 Å². The molecule has 1 fully saturated rings. The topological polar surface area (TPSA) is 84.8 Å². The molecule has 2 rings (SSSR count). The summed E-state index contributed by atoms with van der Waals surface area (Å²) < 4.78 is 10.1. The van der Waals surface area contributed by atoms with E-state index in [-0.39, 0.29) is 37.3 Å². The zero-order valence-electron chi connectivity index (χ0n) is 12.9. The Hall–Kier alpha value is -0.860. The zero-order chi connectivity index (χ0) is 14.5. The number of ether oxygens (including phenoxy) is 1. The highest BCUT2D eigenvalue weighted by molar-refractivity contribution is 5.85. The lowest BCUT2D eigenvalue weighted by Gasteiger charge is -2.35. The summed E-state index contributed by atoms with van der Waals surface area (Å²) in [5.74, 6) is 0.820. The molecule has 0 radical (unpaired) electrons.